The smallest absolute Gasteiger partial charge is 0.187 e. The van der Waals surface area contributed by atoms with Gasteiger partial charge < -0.3 is 44.8 Å². The lowest BCUT2D eigenvalue weighted by molar-refractivity contribution is -0.356. The Kier molecular flexibility index (Phi) is 5.19. The summed E-state index contributed by atoms with van der Waals surface area (Å²) >= 11 is 0. The number of hydrogen-bond acceptors (Lipinski definition) is 9. The fraction of sp³-hybridized carbons (Fsp3) is 1.00. The molecule has 0 aromatic rings. The molecule has 0 aromatic heterocycles. The molecule has 0 radical (unpaired) electrons. The molecule has 0 unspecified atom stereocenters. The molecule has 0 saturated carbocycles. The van der Waals surface area contributed by atoms with Gasteiger partial charge in [0.1, 0.15) is 36.6 Å². The summed E-state index contributed by atoms with van der Waals surface area (Å²) in [5.41, 5.74) is 0. The van der Waals surface area contributed by atoms with Crippen molar-refractivity contribution in [3.63, 3.8) is 0 Å². The third-order valence-electron chi connectivity index (χ3n) is 3.90. The minimum absolute atomic E-state index is 0.793. The van der Waals surface area contributed by atoms with Crippen LogP contribution in [0.3, 0.4) is 0 Å². The first-order chi connectivity index (χ1) is 9.73. The molecule has 0 amide bonds. The lowest BCUT2D eigenvalue weighted by Gasteiger charge is -2.44. The SMILES string of the molecule is C[C@@H]1O[C@H](O[C@@H]2[C@@H](O)[C@@H](O)[C@@H](C)O[C@H]2O)[C@@H](O)[C@H](O)[C@@H]1O. The first-order valence-corrected chi connectivity index (χ1v) is 6.78. The summed E-state index contributed by atoms with van der Waals surface area (Å²) in [4.78, 5) is 0. The Bertz CT molecular complexity index is 354. The Morgan fingerprint density at radius 3 is 1.81 bits per heavy atom. The van der Waals surface area contributed by atoms with Gasteiger partial charge >= 0.3 is 0 Å². The van der Waals surface area contributed by atoms with Crippen LogP contribution in [-0.4, -0.2) is 92.1 Å². The summed E-state index contributed by atoms with van der Waals surface area (Å²) < 4.78 is 15.5. The maximum atomic E-state index is 9.91. The van der Waals surface area contributed by atoms with Gasteiger partial charge in [-0.2, -0.15) is 0 Å². The first kappa shape index (κ1) is 17.0. The molecule has 2 aliphatic heterocycles. The second kappa shape index (κ2) is 6.41. The van der Waals surface area contributed by atoms with E-state index in [1.54, 1.807) is 0 Å². The van der Waals surface area contributed by atoms with Gasteiger partial charge in [-0.25, -0.2) is 0 Å². The molecule has 2 aliphatic rings. The lowest BCUT2D eigenvalue weighted by atomic mass is 9.98. The van der Waals surface area contributed by atoms with E-state index in [0.29, 0.717) is 0 Å². The predicted molar refractivity (Wildman–Crippen MR) is 65.8 cm³/mol. The average Bonchev–Trinajstić information content (AvgIpc) is 2.44. The molecule has 0 spiro atoms. The van der Waals surface area contributed by atoms with Crippen molar-refractivity contribution in [2.45, 2.75) is 75.3 Å². The minimum atomic E-state index is -1.58. The van der Waals surface area contributed by atoms with Gasteiger partial charge in [0.05, 0.1) is 12.2 Å². The highest BCUT2D eigenvalue weighted by atomic mass is 16.7. The Morgan fingerprint density at radius 2 is 1.19 bits per heavy atom. The molecule has 2 fully saturated rings. The fourth-order valence-corrected chi connectivity index (χ4v) is 2.45. The molecule has 10 atom stereocenters. The van der Waals surface area contributed by atoms with E-state index in [1.165, 1.54) is 13.8 Å². The molecule has 0 bridgehead atoms. The Labute approximate surface area is 121 Å². The Morgan fingerprint density at radius 1 is 0.667 bits per heavy atom. The fourth-order valence-electron chi connectivity index (χ4n) is 2.45. The standard InChI is InChI=1S/C12H22O9/c1-3-6(14)8(16)10(11(18)19-3)21-12-9(17)7(15)5(13)4(2)20-12/h3-18H,1-2H3/t3-,4+,5-,6+,7-,8+,9+,10-,11-,12-/m1/s1. The van der Waals surface area contributed by atoms with Crippen LogP contribution < -0.4 is 0 Å². The van der Waals surface area contributed by atoms with E-state index in [1.807, 2.05) is 0 Å². The molecule has 9 nitrogen and oxygen atoms in total. The van der Waals surface area contributed by atoms with Crippen LogP contribution in [0.4, 0.5) is 0 Å². The second-order valence-corrected chi connectivity index (χ2v) is 5.50. The highest BCUT2D eigenvalue weighted by Gasteiger charge is 2.48. The number of aliphatic hydroxyl groups excluding tert-OH is 6. The number of hydrogen-bond donors (Lipinski definition) is 6. The molecule has 21 heavy (non-hydrogen) atoms. The summed E-state index contributed by atoms with van der Waals surface area (Å²) in [6.45, 7) is 2.94. The van der Waals surface area contributed by atoms with Crippen LogP contribution in [0.5, 0.6) is 0 Å². The quantitative estimate of drug-likeness (QED) is 0.308. The first-order valence-electron chi connectivity index (χ1n) is 6.78. The lowest BCUT2D eigenvalue weighted by Crippen LogP contribution is -2.62. The van der Waals surface area contributed by atoms with Crippen LogP contribution in [0.1, 0.15) is 13.8 Å². The van der Waals surface area contributed by atoms with Gasteiger partial charge in [0.25, 0.3) is 0 Å². The van der Waals surface area contributed by atoms with Crippen molar-refractivity contribution in [3.05, 3.63) is 0 Å². The van der Waals surface area contributed by atoms with Crippen LogP contribution >= 0.6 is 0 Å². The van der Waals surface area contributed by atoms with E-state index < -0.39 is 61.4 Å². The second-order valence-electron chi connectivity index (χ2n) is 5.50. The predicted octanol–water partition coefficient (Wildman–Crippen LogP) is -3.34. The molecule has 9 heteroatoms. The van der Waals surface area contributed by atoms with Gasteiger partial charge in [-0.05, 0) is 13.8 Å². The number of ether oxygens (including phenoxy) is 3. The van der Waals surface area contributed by atoms with E-state index in [2.05, 4.69) is 0 Å². The van der Waals surface area contributed by atoms with E-state index in [0.717, 1.165) is 0 Å². The van der Waals surface area contributed by atoms with Gasteiger partial charge in [-0.3, -0.25) is 0 Å². The van der Waals surface area contributed by atoms with Crippen molar-refractivity contribution in [2.24, 2.45) is 0 Å². The molecule has 6 N–H and O–H groups in total. The average molecular weight is 310 g/mol. The topological polar surface area (TPSA) is 149 Å². The molecule has 0 aromatic carbocycles. The molecular weight excluding hydrogens is 288 g/mol. The molecule has 2 heterocycles. The van der Waals surface area contributed by atoms with Gasteiger partial charge in [0, 0.05) is 0 Å². The third-order valence-corrected chi connectivity index (χ3v) is 3.90. The normalized spacial score (nSPS) is 55.4. The zero-order valence-electron chi connectivity index (χ0n) is 11.7. The molecular formula is C12H22O9. The van der Waals surface area contributed by atoms with Crippen molar-refractivity contribution in [3.8, 4) is 0 Å². The summed E-state index contributed by atoms with van der Waals surface area (Å²) in [6.07, 6.45) is -13.0. The van der Waals surface area contributed by atoms with Crippen LogP contribution in [0.25, 0.3) is 0 Å². The summed E-state index contributed by atoms with van der Waals surface area (Å²) in [5.74, 6) is 0. The molecule has 124 valence electrons. The highest BCUT2D eigenvalue weighted by molar-refractivity contribution is 4.91. The zero-order valence-corrected chi connectivity index (χ0v) is 11.7. The number of aliphatic hydroxyl groups is 6. The van der Waals surface area contributed by atoms with E-state index in [4.69, 9.17) is 14.2 Å². The van der Waals surface area contributed by atoms with Gasteiger partial charge in [-0.1, -0.05) is 0 Å². The third kappa shape index (κ3) is 3.21. The molecule has 2 saturated heterocycles. The largest absolute Gasteiger partial charge is 0.388 e. The van der Waals surface area contributed by atoms with Crippen molar-refractivity contribution in [2.75, 3.05) is 0 Å². The van der Waals surface area contributed by atoms with Crippen LogP contribution in [0.15, 0.2) is 0 Å². The summed E-state index contributed by atoms with van der Waals surface area (Å²) in [5, 5.41) is 58.5. The van der Waals surface area contributed by atoms with E-state index >= 15 is 0 Å². The van der Waals surface area contributed by atoms with Gasteiger partial charge in [-0.15, -0.1) is 0 Å². The zero-order chi connectivity index (χ0) is 15.9. The monoisotopic (exact) mass is 310 g/mol. The van der Waals surface area contributed by atoms with Gasteiger partial charge in [0.15, 0.2) is 12.6 Å². The maximum Gasteiger partial charge on any atom is 0.187 e. The highest BCUT2D eigenvalue weighted by Crippen LogP contribution is 2.28. The van der Waals surface area contributed by atoms with Crippen LogP contribution in [0.2, 0.25) is 0 Å². The van der Waals surface area contributed by atoms with Gasteiger partial charge in [0.2, 0.25) is 0 Å². The van der Waals surface area contributed by atoms with Crippen molar-refractivity contribution >= 4 is 0 Å². The summed E-state index contributed by atoms with van der Waals surface area (Å²) in [6, 6.07) is 0. The summed E-state index contributed by atoms with van der Waals surface area (Å²) in [7, 11) is 0. The van der Waals surface area contributed by atoms with Crippen molar-refractivity contribution < 1.29 is 44.8 Å². The molecule has 2 rings (SSSR count). The maximum absolute atomic E-state index is 9.91. The minimum Gasteiger partial charge on any atom is -0.388 e. The van der Waals surface area contributed by atoms with E-state index in [9.17, 15) is 30.6 Å². The van der Waals surface area contributed by atoms with E-state index in [-0.39, 0.29) is 0 Å². The van der Waals surface area contributed by atoms with Crippen LogP contribution in [-0.2, 0) is 14.2 Å². The molecule has 0 aliphatic carbocycles. The van der Waals surface area contributed by atoms with Crippen molar-refractivity contribution in [1.29, 1.82) is 0 Å². The number of rotatable bonds is 2. The van der Waals surface area contributed by atoms with Crippen LogP contribution in [0, 0.1) is 0 Å². The Hall–Kier alpha value is -0.360. The van der Waals surface area contributed by atoms with Crippen molar-refractivity contribution in [1.82, 2.24) is 0 Å². The Balaban J connectivity index is 2.06.